The number of nitrogens with zero attached hydrogens (tertiary/aromatic N) is 1. The third kappa shape index (κ3) is 3.28. The van der Waals surface area contributed by atoms with E-state index >= 15 is 0 Å². The largest absolute Gasteiger partial charge is 0.496 e. The van der Waals surface area contributed by atoms with Crippen LogP contribution in [0.4, 0.5) is 0 Å². The van der Waals surface area contributed by atoms with Crippen molar-refractivity contribution >= 4 is 0 Å². The minimum Gasteiger partial charge on any atom is -0.496 e. The lowest BCUT2D eigenvalue weighted by Crippen LogP contribution is -2.29. The Morgan fingerprint density at radius 1 is 1.37 bits per heavy atom. The van der Waals surface area contributed by atoms with Gasteiger partial charge >= 0.3 is 0 Å². The van der Waals surface area contributed by atoms with Crippen molar-refractivity contribution in [2.75, 3.05) is 33.8 Å². The number of methoxy groups -OCH3 is 1. The Morgan fingerprint density at radius 2 is 2.16 bits per heavy atom. The second-order valence-electron chi connectivity index (χ2n) is 5.71. The number of hydrogen-bond donors (Lipinski definition) is 1. The van der Waals surface area contributed by atoms with Crippen molar-refractivity contribution in [1.82, 2.24) is 10.2 Å². The SMILES string of the molecule is COc1ccc(C2CNCCCN2C)cc1C(C)C. The van der Waals surface area contributed by atoms with Crippen LogP contribution in [0.5, 0.6) is 5.75 Å². The zero-order chi connectivity index (χ0) is 13.8. The first kappa shape index (κ1) is 14.4. The lowest BCUT2D eigenvalue weighted by Gasteiger charge is -2.27. The van der Waals surface area contributed by atoms with Gasteiger partial charge in [0.1, 0.15) is 5.75 Å². The molecule has 0 bridgehead atoms. The highest BCUT2D eigenvalue weighted by Gasteiger charge is 2.20. The molecule has 1 aliphatic heterocycles. The molecule has 1 atom stereocenters. The van der Waals surface area contributed by atoms with Crippen LogP contribution in [0.2, 0.25) is 0 Å². The highest BCUT2D eigenvalue weighted by molar-refractivity contribution is 5.40. The molecule has 0 aliphatic carbocycles. The average molecular weight is 262 g/mol. The molecule has 0 spiro atoms. The normalized spacial score (nSPS) is 21.4. The van der Waals surface area contributed by atoms with Crippen LogP contribution in [-0.4, -0.2) is 38.7 Å². The van der Waals surface area contributed by atoms with Crippen LogP contribution in [0.3, 0.4) is 0 Å². The zero-order valence-corrected chi connectivity index (χ0v) is 12.6. The molecule has 1 heterocycles. The fourth-order valence-corrected chi connectivity index (χ4v) is 2.79. The van der Waals surface area contributed by atoms with Crippen molar-refractivity contribution in [1.29, 1.82) is 0 Å². The first-order valence-electron chi connectivity index (χ1n) is 7.22. The van der Waals surface area contributed by atoms with Crippen LogP contribution in [0.15, 0.2) is 18.2 Å². The smallest absolute Gasteiger partial charge is 0.122 e. The molecule has 0 aromatic heterocycles. The summed E-state index contributed by atoms with van der Waals surface area (Å²) in [5.74, 6) is 1.49. The average Bonchev–Trinajstić information content (AvgIpc) is 2.62. The molecule has 0 amide bonds. The van der Waals surface area contributed by atoms with E-state index in [0.29, 0.717) is 12.0 Å². The van der Waals surface area contributed by atoms with E-state index in [0.717, 1.165) is 25.4 Å². The number of benzene rings is 1. The van der Waals surface area contributed by atoms with E-state index in [1.165, 1.54) is 17.5 Å². The first-order valence-corrected chi connectivity index (χ1v) is 7.22. The summed E-state index contributed by atoms with van der Waals surface area (Å²) in [6, 6.07) is 7.10. The predicted molar refractivity (Wildman–Crippen MR) is 79.9 cm³/mol. The number of likely N-dealkylation sites (N-methyl/N-ethyl adjacent to an activating group) is 1. The van der Waals surface area contributed by atoms with Crippen molar-refractivity contribution < 1.29 is 4.74 Å². The lowest BCUT2D eigenvalue weighted by atomic mass is 9.96. The number of hydrogen-bond acceptors (Lipinski definition) is 3. The lowest BCUT2D eigenvalue weighted by molar-refractivity contribution is 0.261. The molecule has 19 heavy (non-hydrogen) atoms. The monoisotopic (exact) mass is 262 g/mol. The fraction of sp³-hybridized carbons (Fsp3) is 0.625. The molecule has 1 aromatic carbocycles. The second kappa shape index (κ2) is 6.40. The Kier molecular flexibility index (Phi) is 4.83. The Bertz CT molecular complexity index is 417. The van der Waals surface area contributed by atoms with E-state index in [4.69, 9.17) is 4.74 Å². The molecule has 3 heteroatoms. The van der Waals surface area contributed by atoms with E-state index in [1.54, 1.807) is 7.11 Å². The molecule has 0 saturated carbocycles. The Labute approximate surface area is 116 Å². The standard InChI is InChI=1S/C16H26N2O/c1-12(2)14-10-13(6-7-16(14)19-4)15-11-17-8-5-9-18(15)3/h6-7,10,12,15,17H,5,8-9,11H2,1-4H3. The van der Waals surface area contributed by atoms with Gasteiger partial charge in [-0.1, -0.05) is 26.0 Å². The van der Waals surface area contributed by atoms with Gasteiger partial charge in [0.25, 0.3) is 0 Å². The molecule has 0 radical (unpaired) electrons. The van der Waals surface area contributed by atoms with E-state index in [-0.39, 0.29) is 0 Å². The van der Waals surface area contributed by atoms with Gasteiger partial charge in [0.05, 0.1) is 7.11 Å². The van der Waals surface area contributed by atoms with Crippen LogP contribution in [0, 0.1) is 0 Å². The fourth-order valence-electron chi connectivity index (χ4n) is 2.79. The molecule has 1 unspecified atom stereocenters. The molecule has 1 aromatic rings. The maximum absolute atomic E-state index is 5.47. The number of nitrogens with one attached hydrogen (secondary N) is 1. The number of rotatable bonds is 3. The minimum atomic E-state index is 0.464. The Balaban J connectivity index is 2.30. The summed E-state index contributed by atoms with van der Waals surface area (Å²) >= 11 is 0. The van der Waals surface area contributed by atoms with Crippen molar-refractivity contribution in [2.24, 2.45) is 0 Å². The Hall–Kier alpha value is -1.06. The molecular weight excluding hydrogens is 236 g/mol. The zero-order valence-electron chi connectivity index (χ0n) is 12.6. The van der Waals surface area contributed by atoms with Crippen LogP contribution in [-0.2, 0) is 0 Å². The summed E-state index contributed by atoms with van der Waals surface area (Å²) in [4.78, 5) is 2.45. The van der Waals surface area contributed by atoms with Crippen molar-refractivity contribution in [3.8, 4) is 5.75 Å². The summed E-state index contributed by atoms with van der Waals surface area (Å²) in [5, 5.41) is 3.53. The van der Waals surface area contributed by atoms with Gasteiger partial charge < -0.3 is 10.1 Å². The summed E-state index contributed by atoms with van der Waals surface area (Å²) in [5.41, 5.74) is 2.69. The van der Waals surface area contributed by atoms with E-state index in [1.807, 2.05) is 0 Å². The van der Waals surface area contributed by atoms with Gasteiger partial charge in [-0.3, -0.25) is 4.90 Å². The van der Waals surface area contributed by atoms with E-state index in [2.05, 4.69) is 49.3 Å². The molecule has 1 saturated heterocycles. The molecular formula is C16H26N2O. The van der Waals surface area contributed by atoms with E-state index in [9.17, 15) is 0 Å². The van der Waals surface area contributed by atoms with Crippen LogP contribution in [0.25, 0.3) is 0 Å². The molecule has 1 fully saturated rings. The minimum absolute atomic E-state index is 0.464. The van der Waals surface area contributed by atoms with E-state index < -0.39 is 0 Å². The number of ether oxygens (including phenoxy) is 1. The van der Waals surface area contributed by atoms with Crippen LogP contribution >= 0.6 is 0 Å². The maximum Gasteiger partial charge on any atom is 0.122 e. The highest BCUT2D eigenvalue weighted by Crippen LogP contribution is 2.31. The molecule has 2 rings (SSSR count). The third-order valence-electron chi connectivity index (χ3n) is 3.99. The summed E-state index contributed by atoms with van der Waals surface area (Å²) in [6.45, 7) is 7.74. The summed E-state index contributed by atoms with van der Waals surface area (Å²) in [6.07, 6.45) is 1.22. The van der Waals surface area contributed by atoms with Gasteiger partial charge in [-0.25, -0.2) is 0 Å². The van der Waals surface area contributed by atoms with Gasteiger partial charge in [0.15, 0.2) is 0 Å². The molecule has 106 valence electrons. The van der Waals surface area contributed by atoms with Crippen molar-refractivity contribution in [2.45, 2.75) is 32.2 Å². The molecule has 3 nitrogen and oxygen atoms in total. The van der Waals surface area contributed by atoms with Gasteiger partial charge in [-0.05, 0) is 49.7 Å². The van der Waals surface area contributed by atoms with Crippen molar-refractivity contribution in [3.05, 3.63) is 29.3 Å². The van der Waals surface area contributed by atoms with Crippen LogP contribution < -0.4 is 10.1 Å². The quantitative estimate of drug-likeness (QED) is 0.906. The summed E-state index contributed by atoms with van der Waals surface area (Å²) < 4.78 is 5.47. The highest BCUT2D eigenvalue weighted by atomic mass is 16.5. The maximum atomic E-state index is 5.47. The van der Waals surface area contributed by atoms with Gasteiger partial charge in [0, 0.05) is 12.6 Å². The first-order chi connectivity index (χ1) is 9.13. The third-order valence-corrected chi connectivity index (χ3v) is 3.99. The summed E-state index contributed by atoms with van der Waals surface area (Å²) in [7, 11) is 3.97. The predicted octanol–water partition coefficient (Wildman–Crippen LogP) is 2.78. The molecule has 1 aliphatic rings. The Morgan fingerprint density at radius 3 is 2.84 bits per heavy atom. The second-order valence-corrected chi connectivity index (χ2v) is 5.71. The van der Waals surface area contributed by atoms with Gasteiger partial charge in [0.2, 0.25) is 0 Å². The molecule has 1 N–H and O–H groups in total. The van der Waals surface area contributed by atoms with Gasteiger partial charge in [-0.2, -0.15) is 0 Å². The van der Waals surface area contributed by atoms with Crippen molar-refractivity contribution in [3.63, 3.8) is 0 Å². The van der Waals surface area contributed by atoms with Crippen LogP contribution in [0.1, 0.15) is 43.4 Å². The topological polar surface area (TPSA) is 24.5 Å². The van der Waals surface area contributed by atoms with Gasteiger partial charge in [-0.15, -0.1) is 0 Å².